The Morgan fingerprint density at radius 2 is 1.86 bits per heavy atom. The van der Waals surface area contributed by atoms with Gasteiger partial charge in [-0.3, -0.25) is 0 Å². The SMILES string of the molecule is CC1(c2cc(Cl)cc(Cl)c2)C(COC2CCCCO2)C1(Cl)Cl. The molecular weight excluding hydrogens is 366 g/mol. The molecule has 0 N–H and O–H groups in total. The van der Waals surface area contributed by atoms with Crippen LogP contribution in [0.3, 0.4) is 0 Å². The molecule has 1 aliphatic heterocycles. The molecule has 3 unspecified atom stereocenters. The minimum absolute atomic E-state index is 0.0246. The summed E-state index contributed by atoms with van der Waals surface area (Å²) < 4.78 is 10.6. The Balaban J connectivity index is 1.72. The summed E-state index contributed by atoms with van der Waals surface area (Å²) in [6, 6.07) is 5.43. The van der Waals surface area contributed by atoms with Gasteiger partial charge in [0.2, 0.25) is 0 Å². The first-order valence-corrected chi connectivity index (χ1v) is 8.94. The highest BCUT2D eigenvalue weighted by atomic mass is 35.5. The van der Waals surface area contributed by atoms with E-state index < -0.39 is 9.75 Å². The molecule has 2 aliphatic rings. The van der Waals surface area contributed by atoms with Crippen LogP contribution < -0.4 is 0 Å². The number of ether oxygens (including phenoxy) is 2. The van der Waals surface area contributed by atoms with Crippen LogP contribution in [0, 0.1) is 5.92 Å². The zero-order chi connectivity index (χ0) is 16.0. The Kier molecular flexibility index (Phi) is 4.91. The highest BCUT2D eigenvalue weighted by Crippen LogP contribution is 2.69. The first kappa shape index (κ1) is 17.1. The molecule has 1 aliphatic carbocycles. The minimum Gasteiger partial charge on any atom is -0.353 e. The summed E-state index contributed by atoms with van der Waals surface area (Å²) in [5.74, 6) is -0.0246. The first-order chi connectivity index (χ1) is 10.4. The smallest absolute Gasteiger partial charge is 0.157 e. The predicted octanol–water partition coefficient (Wildman–Crippen LogP) is 5.60. The average Bonchev–Trinajstić information content (AvgIpc) is 2.91. The summed E-state index contributed by atoms with van der Waals surface area (Å²) in [4.78, 5) is 0. The van der Waals surface area contributed by atoms with E-state index in [9.17, 15) is 0 Å². The van der Waals surface area contributed by atoms with Gasteiger partial charge in [-0.05, 0) is 43.0 Å². The lowest BCUT2D eigenvalue weighted by Crippen LogP contribution is -2.24. The summed E-state index contributed by atoms with van der Waals surface area (Å²) in [7, 11) is 0. The van der Waals surface area contributed by atoms with Crippen LogP contribution in [-0.2, 0) is 14.9 Å². The monoisotopic (exact) mass is 382 g/mol. The van der Waals surface area contributed by atoms with Gasteiger partial charge in [0, 0.05) is 28.0 Å². The predicted molar refractivity (Wildman–Crippen MR) is 91.3 cm³/mol. The number of rotatable bonds is 4. The van der Waals surface area contributed by atoms with Gasteiger partial charge in [0.1, 0.15) is 4.33 Å². The average molecular weight is 384 g/mol. The molecule has 122 valence electrons. The normalized spacial score (nSPS) is 33.7. The van der Waals surface area contributed by atoms with Crippen LogP contribution in [0.5, 0.6) is 0 Å². The minimum atomic E-state index is -0.893. The molecule has 1 heterocycles. The van der Waals surface area contributed by atoms with Gasteiger partial charge in [-0.25, -0.2) is 0 Å². The van der Waals surface area contributed by atoms with Crippen molar-refractivity contribution in [3.8, 4) is 0 Å². The summed E-state index contributed by atoms with van der Waals surface area (Å²) in [5.41, 5.74) is 0.507. The van der Waals surface area contributed by atoms with Crippen LogP contribution in [0.25, 0.3) is 0 Å². The molecular formula is C16H18Cl4O2. The third-order valence-electron chi connectivity index (χ3n) is 4.79. The van der Waals surface area contributed by atoms with Crippen molar-refractivity contribution in [2.45, 2.75) is 42.2 Å². The Labute approximate surface area is 151 Å². The molecule has 2 fully saturated rings. The van der Waals surface area contributed by atoms with E-state index in [4.69, 9.17) is 55.9 Å². The van der Waals surface area contributed by atoms with Crippen LogP contribution >= 0.6 is 46.4 Å². The Morgan fingerprint density at radius 3 is 2.45 bits per heavy atom. The maximum atomic E-state index is 6.53. The van der Waals surface area contributed by atoms with Crippen LogP contribution in [0.4, 0.5) is 0 Å². The molecule has 0 aromatic heterocycles. The van der Waals surface area contributed by atoms with Crippen molar-refractivity contribution in [3.05, 3.63) is 33.8 Å². The summed E-state index contributed by atoms with van der Waals surface area (Å²) >= 11 is 25.3. The van der Waals surface area contributed by atoms with Crippen molar-refractivity contribution >= 4 is 46.4 Å². The molecule has 3 rings (SSSR count). The van der Waals surface area contributed by atoms with Gasteiger partial charge in [0.05, 0.1) is 6.61 Å². The number of hydrogen-bond donors (Lipinski definition) is 0. The molecule has 1 saturated carbocycles. The van der Waals surface area contributed by atoms with E-state index in [-0.39, 0.29) is 12.2 Å². The Hall–Kier alpha value is 0.300. The van der Waals surface area contributed by atoms with Gasteiger partial charge in [-0.15, -0.1) is 23.2 Å². The van der Waals surface area contributed by atoms with Crippen LogP contribution in [0.2, 0.25) is 10.0 Å². The van der Waals surface area contributed by atoms with Gasteiger partial charge in [0.25, 0.3) is 0 Å². The van der Waals surface area contributed by atoms with E-state index in [2.05, 4.69) is 0 Å². The second-order valence-corrected chi connectivity index (χ2v) is 8.42. The quantitative estimate of drug-likeness (QED) is 0.630. The summed E-state index contributed by atoms with van der Waals surface area (Å²) in [6.07, 6.45) is 3.00. The molecule has 1 saturated heterocycles. The largest absolute Gasteiger partial charge is 0.353 e. The van der Waals surface area contributed by atoms with Gasteiger partial charge >= 0.3 is 0 Å². The molecule has 0 radical (unpaired) electrons. The van der Waals surface area contributed by atoms with Gasteiger partial charge in [-0.2, -0.15) is 0 Å². The molecule has 6 heteroatoms. The number of hydrogen-bond acceptors (Lipinski definition) is 2. The van der Waals surface area contributed by atoms with Crippen molar-refractivity contribution in [2.24, 2.45) is 5.92 Å². The highest BCUT2D eigenvalue weighted by molar-refractivity contribution is 6.52. The lowest BCUT2D eigenvalue weighted by atomic mass is 9.95. The zero-order valence-corrected chi connectivity index (χ0v) is 15.3. The van der Waals surface area contributed by atoms with Crippen molar-refractivity contribution in [1.29, 1.82) is 0 Å². The number of benzene rings is 1. The fourth-order valence-electron chi connectivity index (χ4n) is 3.18. The third kappa shape index (κ3) is 2.99. The second kappa shape index (κ2) is 6.31. The molecule has 0 amide bonds. The topological polar surface area (TPSA) is 18.5 Å². The third-order valence-corrected chi connectivity index (χ3v) is 6.54. The van der Waals surface area contributed by atoms with E-state index in [1.165, 1.54) is 0 Å². The standard InChI is InChI=1S/C16H18Cl4O2/c1-15(10-6-11(17)8-12(18)7-10)13(16(15,19)20)9-22-14-4-2-3-5-21-14/h6-8,13-14H,2-5,9H2,1H3. The lowest BCUT2D eigenvalue weighted by Gasteiger charge is -2.23. The fraction of sp³-hybridized carbons (Fsp3) is 0.625. The van der Waals surface area contributed by atoms with Crippen molar-refractivity contribution in [2.75, 3.05) is 13.2 Å². The van der Waals surface area contributed by atoms with E-state index >= 15 is 0 Å². The van der Waals surface area contributed by atoms with Crippen molar-refractivity contribution in [3.63, 3.8) is 0 Å². The van der Waals surface area contributed by atoms with Crippen molar-refractivity contribution in [1.82, 2.24) is 0 Å². The Morgan fingerprint density at radius 1 is 1.18 bits per heavy atom. The lowest BCUT2D eigenvalue weighted by molar-refractivity contribution is -0.165. The molecule has 1 aromatic rings. The summed E-state index contributed by atoms with van der Waals surface area (Å²) in [5, 5.41) is 1.16. The maximum Gasteiger partial charge on any atom is 0.157 e. The number of halogens is 4. The second-order valence-electron chi connectivity index (χ2n) is 6.17. The van der Waals surface area contributed by atoms with Crippen LogP contribution in [0.1, 0.15) is 31.7 Å². The number of alkyl halides is 2. The van der Waals surface area contributed by atoms with Crippen LogP contribution in [0.15, 0.2) is 18.2 Å². The van der Waals surface area contributed by atoms with E-state index in [1.807, 2.05) is 19.1 Å². The summed E-state index contributed by atoms with van der Waals surface area (Å²) in [6.45, 7) is 3.23. The molecule has 22 heavy (non-hydrogen) atoms. The van der Waals surface area contributed by atoms with E-state index in [0.29, 0.717) is 16.7 Å². The van der Waals surface area contributed by atoms with Gasteiger partial charge < -0.3 is 9.47 Å². The Bertz CT molecular complexity index is 537. The van der Waals surface area contributed by atoms with Gasteiger partial charge in [0.15, 0.2) is 6.29 Å². The van der Waals surface area contributed by atoms with Crippen molar-refractivity contribution < 1.29 is 9.47 Å². The van der Waals surface area contributed by atoms with E-state index in [1.54, 1.807) is 6.07 Å². The van der Waals surface area contributed by atoms with Gasteiger partial charge in [-0.1, -0.05) is 30.1 Å². The first-order valence-electron chi connectivity index (χ1n) is 7.43. The molecule has 1 aromatic carbocycles. The molecule has 0 bridgehead atoms. The zero-order valence-electron chi connectivity index (χ0n) is 12.3. The maximum absolute atomic E-state index is 6.53. The fourth-order valence-corrected chi connectivity index (χ4v) is 4.64. The molecule has 0 spiro atoms. The molecule has 3 atom stereocenters. The molecule has 2 nitrogen and oxygen atoms in total. The highest BCUT2D eigenvalue weighted by Gasteiger charge is 2.73. The van der Waals surface area contributed by atoms with Crippen LogP contribution in [-0.4, -0.2) is 23.8 Å². The van der Waals surface area contributed by atoms with E-state index in [0.717, 1.165) is 31.4 Å².